The third-order valence-electron chi connectivity index (χ3n) is 1.12. The number of nitrogens with zero attached hydrogens (tertiary/aromatic N) is 1. The van der Waals surface area contributed by atoms with E-state index >= 15 is 0 Å². The van der Waals surface area contributed by atoms with Crippen LogP contribution in [0.3, 0.4) is 0 Å². The molecule has 0 amide bonds. The van der Waals surface area contributed by atoms with Gasteiger partial charge in [0.05, 0.1) is 4.92 Å². The van der Waals surface area contributed by atoms with Crippen molar-refractivity contribution in [1.29, 1.82) is 0 Å². The van der Waals surface area contributed by atoms with Crippen molar-refractivity contribution in [2.75, 3.05) is 0 Å². The van der Waals surface area contributed by atoms with Crippen LogP contribution >= 0.6 is 11.6 Å². The third-order valence-corrected chi connectivity index (χ3v) is 1.42. The van der Waals surface area contributed by atoms with Gasteiger partial charge in [0.15, 0.2) is 0 Å². The quantitative estimate of drug-likeness (QED) is 0.306. The van der Waals surface area contributed by atoms with E-state index in [0.717, 1.165) is 18.2 Å². The van der Waals surface area contributed by atoms with Crippen LogP contribution in [0.15, 0.2) is 18.2 Å². The second-order valence-electron chi connectivity index (χ2n) is 1.87. The van der Waals surface area contributed by atoms with Gasteiger partial charge in [-0.2, -0.15) is 0 Å². The summed E-state index contributed by atoms with van der Waals surface area (Å²) < 4.78 is 0. The topological polar surface area (TPSA) is 66.2 Å². The molecule has 0 heterocycles. The summed E-state index contributed by atoms with van der Waals surface area (Å²) >= 11 is 5.38. The van der Waals surface area contributed by atoms with E-state index in [1.807, 2.05) is 0 Å². The minimum Gasteiger partial charge on any atom is -0.872 e. The van der Waals surface area contributed by atoms with Gasteiger partial charge in [-0.15, -0.1) is 5.75 Å². The van der Waals surface area contributed by atoms with Crippen LogP contribution in [0.4, 0.5) is 5.69 Å². The van der Waals surface area contributed by atoms with Crippen LogP contribution in [0.25, 0.3) is 0 Å². The molecule has 0 radical (unpaired) electrons. The maximum Gasteiger partial charge on any atom is 1.00 e. The summed E-state index contributed by atoms with van der Waals surface area (Å²) in [6.07, 6.45) is 0. The van der Waals surface area contributed by atoms with Crippen molar-refractivity contribution < 1.29 is 39.6 Å². The Hall–Kier alpha value is -0.290. The first-order valence-corrected chi connectivity index (χ1v) is 3.10. The van der Waals surface area contributed by atoms with Crippen molar-refractivity contribution in [3.05, 3.63) is 33.3 Å². The van der Waals surface area contributed by atoms with Gasteiger partial charge in [0.25, 0.3) is 5.69 Å². The van der Waals surface area contributed by atoms with Crippen molar-refractivity contribution in [1.82, 2.24) is 0 Å². The molecule has 0 fully saturated rings. The molecule has 0 aliphatic rings. The average Bonchev–Trinajstić information content (AvgIpc) is 1.85. The Morgan fingerprint density at radius 3 is 2.42 bits per heavy atom. The molecule has 0 atom stereocenters. The zero-order chi connectivity index (χ0) is 8.43. The molecule has 0 aromatic heterocycles. The molecule has 0 N–H and O–H groups in total. The molecule has 0 spiro atoms. The smallest absolute Gasteiger partial charge is 0.872 e. The van der Waals surface area contributed by atoms with E-state index in [-0.39, 0.29) is 46.0 Å². The number of nitro benzene ring substituents is 1. The zero-order valence-electron chi connectivity index (χ0n) is 6.28. The van der Waals surface area contributed by atoms with Crippen LogP contribution in [-0.2, 0) is 0 Å². The Labute approximate surface area is 95.6 Å². The number of halogens is 1. The van der Waals surface area contributed by atoms with Crippen molar-refractivity contribution in [2.45, 2.75) is 0 Å². The summed E-state index contributed by atoms with van der Waals surface area (Å²) in [4.78, 5) is 9.52. The molecule has 4 nitrogen and oxygen atoms in total. The first kappa shape index (κ1) is 11.7. The van der Waals surface area contributed by atoms with Crippen LogP contribution in [0.5, 0.6) is 5.75 Å². The fourth-order valence-electron chi connectivity index (χ4n) is 0.636. The molecule has 1 aromatic rings. The van der Waals surface area contributed by atoms with E-state index in [0.29, 0.717) is 0 Å². The Morgan fingerprint density at radius 2 is 2.00 bits per heavy atom. The summed E-state index contributed by atoms with van der Waals surface area (Å²) in [7, 11) is 0. The van der Waals surface area contributed by atoms with Gasteiger partial charge in [-0.1, -0.05) is 17.7 Å². The minimum absolute atomic E-state index is 0. The van der Waals surface area contributed by atoms with Gasteiger partial charge in [0, 0.05) is 6.07 Å². The van der Waals surface area contributed by atoms with E-state index in [1.165, 1.54) is 0 Å². The molecule has 1 aromatic carbocycles. The summed E-state index contributed by atoms with van der Waals surface area (Å²) in [6, 6.07) is 3.20. The largest absolute Gasteiger partial charge is 1.00 e. The van der Waals surface area contributed by atoms with Crippen LogP contribution in [0.2, 0.25) is 5.02 Å². The second kappa shape index (κ2) is 4.67. The zero-order valence-corrected chi connectivity index (χ0v) is 9.04. The molecule has 6 heteroatoms. The normalized spacial score (nSPS) is 8.75. The molecular weight excluding hydrogens is 193 g/mol. The molecule has 0 aliphatic carbocycles. The van der Waals surface area contributed by atoms with Gasteiger partial charge < -0.3 is 5.11 Å². The number of hydrogen-bond acceptors (Lipinski definition) is 3. The number of rotatable bonds is 1. The van der Waals surface area contributed by atoms with Gasteiger partial charge in [-0.25, -0.2) is 0 Å². The maximum absolute atomic E-state index is 10.6. The standard InChI is InChI=1S/C6H4ClNO3.Na/c7-5-3-4(9)1-2-6(5)8(10)11;/h1-3,9H;/q;+1/p-1. The van der Waals surface area contributed by atoms with Gasteiger partial charge in [-0.05, 0) is 6.07 Å². The molecule has 12 heavy (non-hydrogen) atoms. The fraction of sp³-hybridized carbons (Fsp3) is 0. The Balaban J connectivity index is 0.00000121. The van der Waals surface area contributed by atoms with E-state index < -0.39 is 4.92 Å². The van der Waals surface area contributed by atoms with Crippen LogP contribution in [0, 0.1) is 10.1 Å². The summed E-state index contributed by atoms with van der Waals surface area (Å²) in [5, 5.41) is 20.6. The molecule has 58 valence electrons. The van der Waals surface area contributed by atoms with Crippen LogP contribution in [0.1, 0.15) is 0 Å². The predicted molar refractivity (Wildman–Crippen MR) is 37.6 cm³/mol. The first-order chi connectivity index (χ1) is 5.11. The molecule has 0 unspecified atom stereocenters. The Kier molecular flexibility index (Phi) is 4.55. The Bertz CT molecular complexity index is 305. The van der Waals surface area contributed by atoms with E-state index in [9.17, 15) is 15.2 Å². The second-order valence-corrected chi connectivity index (χ2v) is 2.28. The van der Waals surface area contributed by atoms with Crippen molar-refractivity contribution in [3.8, 4) is 5.75 Å². The van der Waals surface area contributed by atoms with Gasteiger partial charge >= 0.3 is 29.6 Å². The molecule has 0 saturated carbocycles. The Morgan fingerprint density at radius 1 is 1.42 bits per heavy atom. The van der Waals surface area contributed by atoms with Crippen LogP contribution < -0.4 is 34.7 Å². The predicted octanol–water partition coefficient (Wildman–Crippen LogP) is -1.67. The van der Waals surface area contributed by atoms with E-state index in [4.69, 9.17) is 11.6 Å². The van der Waals surface area contributed by atoms with Gasteiger partial charge in [-0.3, -0.25) is 10.1 Å². The number of nitro groups is 1. The van der Waals surface area contributed by atoms with Crippen molar-refractivity contribution >= 4 is 17.3 Å². The van der Waals surface area contributed by atoms with Crippen LogP contribution in [-0.4, -0.2) is 4.92 Å². The monoisotopic (exact) mass is 195 g/mol. The van der Waals surface area contributed by atoms with E-state index in [2.05, 4.69) is 0 Å². The number of hydrogen-bond donors (Lipinski definition) is 0. The van der Waals surface area contributed by atoms with Crippen molar-refractivity contribution in [3.63, 3.8) is 0 Å². The van der Waals surface area contributed by atoms with Gasteiger partial charge in [0.2, 0.25) is 0 Å². The minimum atomic E-state index is -0.637. The summed E-state index contributed by atoms with van der Waals surface area (Å²) in [6.45, 7) is 0. The molecule has 0 aliphatic heterocycles. The SMILES string of the molecule is O=[N+]([O-])c1ccc([O-])cc1Cl.[Na+]. The molecular formula is C6H3ClNNaO3. The van der Waals surface area contributed by atoms with E-state index in [1.54, 1.807) is 0 Å². The number of benzene rings is 1. The molecule has 0 saturated heterocycles. The van der Waals surface area contributed by atoms with Gasteiger partial charge in [0.1, 0.15) is 5.02 Å². The maximum atomic E-state index is 10.6. The first-order valence-electron chi connectivity index (χ1n) is 2.72. The fourth-order valence-corrected chi connectivity index (χ4v) is 0.875. The average molecular weight is 196 g/mol. The van der Waals surface area contributed by atoms with Crippen molar-refractivity contribution in [2.24, 2.45) is 0 Å². The summed E-state index contributed by atoms with van der Waals surface area (Å²) in [5.41, 5.74) is -0.244. The molecule has 0 bridgehead atoms. The third kappa shape index (κ3) is 2.64. The molecule has 1 rings (SSSR count). The summed E-state index contributed by atoms with van der Waals surface area (Å²) in [5.74, 6) is -0.333.